The van der Waals surface area contributed by atoms with E-state index < -0.39 is 0 Å². The van der Waals surface area contributed by atoms with E-state index in [0.29, 0.717) is 23.0 Å². The second-order valence-electron chi connectivity index (χ2n) is 5.88. The highest BCUT2D eigenvalue weighted by Crippen LogP contribution is 2.19. The molecule has 0 fully saturated rings. The van der Waals surface area contributed by atoms with Crippen molar-refractivity contribution >= 4 is 17.5 Å². The molecule has 0 saturated heterocycles. The highest BCUT2D eigenvalue weighted by atomic mass is 35.5. The lowest BCUT2D eigenvalue weighted by Gasteiger charge is -2.13. The van der Waals surface area contributed by atoms with Crippen LogP contribution in [-0.2, 0) is 17.8 Å². The summed E-state index contributed by atoms with van der Waals surface area (Å²) in [7, 11) is 0. The van der Waals surface area contributed by atoms with Crippen LogP contribution in [0, 0.1) is 11.3 Å². The summed E-state index contributed by atoms with van der Waals surface area (Å²) >= 11 is 5.92. The zero-order valence-electron chi connectivity index (χ0n) is 14.7. The SMILES string of the molecule is CCCCCc1nc(-c2ccc(Cl)cc2)cc(=O)n1CC(=O)NCC#N. The molecule has 6 nitrogen and oxygen atoms in total. The second-order valence-corrected chi connectivity index (χ2v) is 6.32. The van der Waals surface area contributed by atoms with Gasteiger partial charge in [-0.2, -0.15) is 5.26 Å². The predicted octanol–water partition coefficient (Wildman–Crippen LogP) is 2.94. The normalized spacial score (nSPS) is 10.3. The number of nitrogens with one attached hydrogen (secondary N) is 1. The highest BCUT2D eigenvalue weighted by Gasteiger charge is 2.13. The Morgan fingerprint density at radius 2 is 2.04 bits per heavy atom. The van der Waals surface area contributed by atoms with Gasteiger partial charge in [-0.1, -0.05) is 43.5 Å². The van der Waals surface area contributed by atoms with E-state index in [1.807, 2.05) is 18.2 Å². The van der Waals surface area contributed by atoms with Crippen LogP contribution in [0.1, 0.15) is 32.0 Å². The molecule has 1 N–H and O–H groups in total. The summed E-state index contributed by atoms with van der Waals surface area (Å²) in [5, 5.41) is 11.6. The molecule has 0 saturated carbocycles. The summed E-state index contributed by atoms with van der Waals surface area (Å²) in [6.45, 7) is 1.87. The summed E-state index contributed by atoms with van der Waals surface area (Å²) in [6.07, 6.45) is 3.55. The number of carbonyl (C=O) groups excluding carboxylic acids is 1. The molecule has 0 bridgehead atoms. The van der Waals surface area contributed by atoms with Crippen molar-refractivity contribution in [3.05, 3.63) is 51.5 Å². The molecule has 0 aliphatic rings. The van der Waals surface area contributed by atoms with Crippen molar-refractivity contribution in [2.24, 2.45) is 0 Å². The van der Waals surface area contributed by atoms with Crippen molar-refractivity contribution in [1.82, 2.24) is 14.9 Å². The molecule has 7 heteroatoms. The third kappa shape index (κ3) is 5.43. The number of nitriles is 1. The van der Waals surface area contributed by atoms with Gasteiger partial charge in [-0.25, -0.2) is 4.98 Å². The molecular weight excluding hydrogens is 352 g/mol. The van der Waals surface area contributed by atoms with Crippen molar-refractivity contribution in [2.45, 2.75) is 39.2 Å². The Morgan fingerprint density at radius 3 is 2.69 bits per heavy atom. The van der Waals surface area contributed by atoms with Gasteiger partial charge < -0.3 is 5.32 Å². The Morgan fingerprint density at radius 1 is 1.31 bits per heavy atom. The molecule has 0 aliphatic heterocycles. The molecule has 0 radical (unpaired) electrons. The Labute approximate surface area is 157 Å². The monoisotopic (exact) mass is 372 g/mol. The van der Waals surface area contributed by atoms with Crippen LogP contribution in [0.4, 0.5) is 0 Å². The van der Waals surface area contributed by atoms with Crippen molar-refractivity contribution in [3.63, 3.8) is 0 Å². The minimum absolute atomic E-state index is 0.0883. The molecule has 0 spiro atoms. The first-order valence-electron chi connectivity index (χ1n) is 8.55. The van der Waals surface area contributed by atoms with Gasteiger partial charge in [0.25, 0.3) is 5.56 Å². The van der Waals surface area contributed by atoms with E-state index in [1.165, 1.54) is 10.6 Å². The van der Waals surface area contributed by atoms with Gasteiger partial charge in [0.05, 0.1) is 11.8 Å². The zero-order chi connectivity index (χ0) is 18.9. The Hall–Kier alpha value is -2.65. The zero-order valence-corrected chi connectivity index (χ0v) is 15.4. The second kappa shape index (κ2) is 9.73. The fraction of sp³-hybridized carbons (Fsp3) is 0.368. The molecule has 2 rings (SSSR count). The predicted molar refractivity (Wildman–Crippen MR) is 101 cm³/mol. The third-order valence-corrected chi connectivity index (χ3v) is 4.15. The van der Waals surface area contributed by atoms with E-state index in [9.17, 15) is 9.59 Å². The topological polar surface area (TPSA) is 87.8 Å². The standard InChI is InChI=1S/C19H21ClN4O2/c1-2-3-4-5-17-23-16(14-6-8-15(20)9-7-14)12-19(26)24(17)13-18(25)22-11-10-21/h6-9,12H,2-5,11,13H2,1H3,(H,22,25). The number of aromatic nitrogens is 2. The molecule has 2 aromatic rings. The lowest BCUT2D eigenvalue weighted by atomic mass is 10.1. The maximum absolute atomic E-state index is 12.6. The van der Waals surface area contributed by atoms with E-state index >= 15 is 0 Å². The maximum Gasteiger partial charge on any atom is 0.254 e. The van der Waals surface area contributed by atoms with Crippen molar-refractivity contribution in [2.75, 3.05) is 6.54 Å². The van der Waals surface area contributed by atoms with Crippen LogP contribution in [0.3, 0.4) is 0 Å². The Kier molecular flexibility index (Phi) is 7.37. The first-order chi connectivity index (χ1) is 12.5. The van der Waals surface area contributed by atoms with Crippen LogP contribution in [0.2, 0.25) is 5.02 Å². The number of rotatable bonds is 8. The number of benzene rings is 1. The minimum atomic E-state index is -0.383. The molecule has 1 aromatic carbocycles. The molecule has 0 unspecified atom stereocenters. The van der Waals surface area contributed by atoms with E-state index in [2.05, 4.69) is 17.2 Å². The summed E-state index contributed by atoms with van der Waals surface area (Å²) in [4.78, 5) is 29.1. The lowest BCUT2D eigenvalue weighted by Crippen LogP contribution is -2.34. The van der Waals surface area contributed by atoms with Crippen molar-refractivity contribution < 1.29 is 4.79 Å². The number of carbonyl (C=O) groups is 1. The number of unbranched alkanes of at least 4 members (excludes halogenated alkanes) is 2. The fourth-order valence-corrected chi connectivity index (χ4v) is 2.68. The van der Waals surface area contributed by atoms with E-state index in [0.717, 1.165) is 24.8 Å². The summed E-state index contributed by atoms with van der Waals surface area (Å²) in [6, 6.07) is 10.4. The molecule has 1 heterocycles. The number of aryl methyl sites for hydroxylation is 1. The summed E-state index contributed by atoms with van der Waals surface area (Å²) in [5.41, 5.74) is 1.07. The van der Waals surface area contributed by atoms with Crippen LogP contribution < -0.4 is 10.9 Å². The molecule has 0 atom stereocenters. The van der Waals surface area contributed by atoms with Crippen LogP contribution >= 0.6 is 11.6 Å². The van der Waals surface area contributed by atoms with E-state index in [4.69, 9.17) is 16.9 Å². The molecular formula is C19H21ClN4O2. The average Bonchev–Trinajstić information content (AvgIpc) is 2.63. The number of amides is 1. The quantitative estimate of drug-likeness (QED) is 0.570. The Bertz CT molecular complexity index is 853. The van der Waals surface area contributed by atoms with Crippen LogP contribution in [0.15, 0.2) is 35.1 Å². The van der Waals surface area contributed by atoms with Crippen molar-refractivity contribution in [3.8, 4) is 17.3 Å². The van der Waals surface area contributed by atoms with Gasteiger partial charge in [-0.3, -0.25) is 14.2 Å². The van der Waals surface area contributed by atoms with Gasteiger partial charge >= 0.3 is 0 Å². The maximum atomic E-state index is 12.6. The summed E-state index contributed by atoms with van der Waals surface area (Å²) in [5.74, 6) is 0.189. The molecule has 1 amide bonds. The van der Waals surface area contributed by atoms with Gasteiger partial charge in [0, 0.05) is 23.1 Å². The van der Waals surface area contributed by atoms with Crippen LogP contribution in [-0.4, -0.2) is 22.0 Å². The van der Waals surface area contributed by atoms with E-state index in [1.54, 1.807) is 12.1 Å². The van der Waals surface area contributed by atoms with Gasteiger partial charge in [0.1, 0.15) is 18.9 Å². The fourth-order valence-electron chi connectivity index (χ4n) is 2.55. The first kappa shape index (κ1) is 19.7. The highest BCUT2D eigenvalue weighted by molar-refractivity contribution is 6.30. The largest absolute Gasteiger partial charge is 0.341 e. The number of hydrogen-bond donors (Lipinski definition) is 1. The molecule has 26 heavy (non-hydrogen) atoms. The van der Waals surface area contributed by atoms with Gasteiger partial charge in [0.15, 0.2) is 0 Å². The molecule has 1 aromatic heterocycles. The van der Waals surface area contributed by atoms with Gasteiger partial charge in [-0.05, 0) is 18.6 Å². The van der Waals surface area contributed by atoms with Gasteiger partial charge in [-0.15, -0.1) is 0 Å². The average molecular weight is 373 g/mol. The van der Waals surface area contributed by atoms with Gasteiger partial charge in [0.2, 0.25) is 5.91 Å². The molecule has 0 aliphatic carbocycles. The van der Waals surface area contributed by atoms with E-state index in [-0.39, 0.29) is 24.6 Å². The van der Waals surface area contributed by atoms with Crippen LogP contribution in [0.5, 0.6) is 0 Å². The number of hydrogen-bond acceptors (Lipinski definition) is 4. The Balaban J connectivity index is 2.36. The lowest BCUT2D eigenvalue weighted by molar-refractivity contribution is -0.121. The first-order valence-corrected chi connectivity index (χ1v) is 8.93. The number of nitrogens with zero attached hydrogens (tertiary/aromatic N) is 3. The third-order valence-electron chi connectivity index (χ3n) is 3.90. The van der Waals surface area contributed by atoms with Crippen LogP contribution in [0.25, 0.3) is 11.3 Å². The summed E-state index contributed by atoms with van der Waals surface area (Å²) < 4.78 is 1.38. The minimum Gasteiger partial charge on any atom is -0.341 e. The molecule has 136 valence electrons. The van der Waals surface area contributed by atoms with Crippen molar-refractivity contribution in [1.29, 1.82) is 5.26 Å². The smallest absolute Gasteiger partial charge is 0.254 e. The number of halogens is 1.